The van der Waals surface area contributed by atoms with E-state index in [2.05, 4.69) is 5.32 Å². The van der Waals surface area contributed by atoms with E-state index >= 15 is 0 Å². The van der Waals surface area contributed by atoms with Crippen molar-refractivity contribution in [2.75, 3.05) is 45.3 Å². The Kier molecular flexibility index (Phi) is 6.89. The molecule has 1 aliphatic rings. The summed E-state index contributed by atoms with van der Waals surface area (Å²) >= 11 is 0. The molecular weight excluding hydrogens is 410 g/mol. The molecule has 1 heterocycles. The predicted molar refractivity (Wildman–Crippen MR) is 108 cm³/mol. The molecule has 9 nitrogen and oxygen atoms in total. The number of sulfonamides is 1. The van der Waals surface area contributed by atoms with E-state index in [1.54, 1.807) is 24.3 Å². The van der Waals surface area contributed by atoms with Crippen molar-refractivity contribution in [2.45, 2.75) is 4.90 Å². The van der Waals surface area contributed by atoms with Gasteiger partial charge in [0.15, 0.2) is 6.61 Å². The number of nitrogens with one attached hydrogen (secondary N) is 1. The van der Waals surface area contributed by atoms with Crippen LogP contribution in [0.2, 0.25) is 0 Å². The summed E-state index contributed by atoms with van der Waals surface area (Å²) < 4.78 is 43.1. The summed E-state index contributed by atoms with van der Waals surface area (Å²) in [5, 5.41) is 11.5. The average Bonchev–Trinajstić information content (AvgIpc) is 2.78. The highest BCUT2D eigenvalue weighted by Gasteiger charge is 2.29. The zero-order valence-corrected chi connectivity index (χ0v) is 17.1. The Morgan fingerprint density at radius 2 is 2.00 bits per heavy atom. The molecule has 30 heavy (non-hydrogen) atoms. The van der Waals surface area contributed by atoms with Gasteiger partial charge in [0, 0.05) is 18.8 Å². The minimum atomic E-state index is -3.81. The van der Waals surface area contributed by atoms with Gasteiger partial charge in [-0.15, -0.1) is 0 Å². The van der Waals surface area contributed by atoms with Crippen molar-refractivity contribution in [3.8, 4) is 17.6 Å². The molecule has 0 radical (unpaired) electrons. The van der Waals surface area contributed by atoms with E-state index in [1.807, 2.05) is 6.07 Å². The van der Waals surface area contributed by atoms with Crippen LogP contribution >= 0.6 is 0 Å². The Balaban J connectivity index is 1.72. The SMILES string of the molecule is COc1ccc(NC(=O)COc2cccc(C#N)c2)cc1S(=O)(=O)N1CCOCC1. The van der Waals surface area contributed by atoms with Crippen LogP contribution in [0.4, 0.5) is 5.69 Å². The molecule has 1 amide bonds. The van der Waals surface area contributed by atoms with Gasteiger partial charge in [-0.25, -0.2) is 8.42 Å². The van der Waals surface area contributed by atoms with Crippen molar-refractivity contribution in [2.24, 2.45) is 0 Å². The molecule has 1 fully saturated rings. The fraction of sp³-hybridized carbons (Fsp3) is 0.300. The summed E-state index contributed by atoms with van der Waals surface area (Å²) in [5.41, 5.74) is 0.711. The maximum atomic E-state index is 13.0. The lowest BCUT2D eigenvalue weighted by atomic mass is 10.2. The minimum absolute atomic E-state index is 0.0349. The van der Waals surface area contributed by atoms with Crippen LogP contribution in [0.5, 0.6) is 11.5 Å². The lowest BCUT2D eigenvalue weighted by Crippen LogP contribution is -2.40. The molecule has 2 aromatic rings. The molecule has 1 aliphatic heterocycles. The molecule has 0 aromatic heterocycles. The molecule has 0 spiro atoms. The number of hydrogen-bond acceptors (Lipinski definition) is 7. The summed E-state index contributed by atoms with van der Waals surface area (Å²) in [4.78, 5) is 12.2. The van der Waals surface area contributed by atoms with Crippen LogP contribution in [0.1, 0.15) is 5.56 Å². The van der Waals surface area contributed by atoms with Gasteiger partial charge >= 0.3 is 0 Å². The third kappa shape index (κ3) is 5.07. The van der Waals surface area contributed by atoms with Gasteiger partial charge < -0.3 is 19.5 Å². The average molecular weight is 431 g/mol. The number of rotatable bonds is 7. The first-order valence-electron chi connectivity index (χ1n) is 9.13. The normalized spacial score (nSPS) is 14.5. The number of hydrogen-bond donors (Lipinski definition) is 1. The number of ether oxygens (including phenoxy) is 3. The second kappa shape index (κ2) is 9.58. The quantitative estimate of drug-likeness (QED) is 0.707. The van der Waals surface area contributed by atoms with E-state index in [0.29, 0.717) is 30.2 Å². The zero-order chi connectivity index (χ0) is 21.6. The van der Waals surface area contributed by atoms with Gasteiger partial charge in [-0.3, -0.25) is 4.79 Å². The summed E-state index contributed by atoms with van der Waals surface area (Å²) in [6.45, 7) is 0.840. The Bertz CT molecular complexity index is 1060. The Hall–Kier alpha value is -3.13. The van der Waals surface area contributed by atoms with Crippen molar-refractivity contribution in [1.82, 2.24) is 4.31 Å². The molecule has 0 aliphatic carbocycles. The van der Waals surface area contributed by atoms with Crippen molar-refractivity contribution in [3.63, 3.8) is 0 Å². The molecule has 0 atom stereocenters. The lowest BCUT2D eigenvalue weighted by Gasteiger charge is -2.26. The maximum absolute atomic E-state index is 13.0. The van der Waals surface area contributed by atoms with Crippen LogP contribution in [0.25, 0.3) is 0 Å². The largest absolute Gasteiger partial charge is 0.495 e. The molecule has 158 valence electrons. The van der Waals surface area contributed by atoms with Gasteiger partial charge in [0.05, 0.1) is 32.0 Å². The predicted octanol–water partition coefficient (Wildman–Crippen LogP) is 1.61. The molecular formula is C20H21N3O6S. The number of amides is 1. The molecule has 1 N–H and O–H groups in total. The maximum Gasteiger partial charge on any atom is 0.262 e. The van der Waals surface area contributed by atoms with Gasteiger partial charge in [0.25, 0.3) is 5.91 Å². The number of anilines is 1. The Morgan fingerprint density at radius 1 is 1.23 bits per heavy atom. The first-order valence-corrected chi connectivity index (χ1v) is 10.6. The number of benzene rings is 2. The highest BCUT2D eigenvalue weighted by Crippen LogP contribution is 2.30. The van der Waals surface area contributed by atoms with Crippen molar-refractivity contribution < 1.29 is 27.4 Å². The van der Waals surface area contributed by atoms with E-state index < -0.39 is 15.9 Å². The van der Waals surface area contributed by atoms with E-state index in [1.165, 1.54) is 29.6 Å². The summed E-state index contributed by atoms with van der Waals surface area (Å²) in [6.07, 6.45) is 0. The lowest BCUT2D eigenvalue weighted by molar-refractivity contribution is -0.118. The second-order valence-electron chi connectivity index (χ2n) is 6.36. The smallest absolute Gasteiger partial charge is 0.262 e. The van der Waals surface area contributed by atoms with Crippen molar-refractivity contribution >= 4 is 21.6 Å². The van der Waals surface area contributed by atoms with Gasteiger partial charge in [0.2, 0.25) is 10.0 Å². The topological polar surface area (TPSA) is 118 Å². The second-order valence-corrected chi connectivity index (χ2v) is 8.26. The van der Waals surface area contributed by atoms with Crippen LogP contribution in [0.15, 0.2) is 47.4 Å². The molecule has 2 aromatic carbocycles. The van der Waals surface area contributed by atoms with Crippen LogP contribution in [-0.2, 0) is 19.6 Å². The Labute approximate surface area is 174 Å². The van der Waals surface area contributed by atoms with Crippen molar-refractivity contribution in [3.05, 3.63) is 48.0 Å². The first-order chi connectivity index (χ1) is 14.4. The molecule has 10 heteroatoms. The number of nitrogens with zero attached hydrogens (tertiary/aromatic N) is 2. The van der Waals surface area contributed by atoms with Gasteiger partial charge in [-0.2, -0.15) is 9.57 Å². The van der Waals surface area contributed by atoms with Crippen LogP contribution < -0.4 is 14.8 Å². The number of morpholine rings is 1. The Morgan fingerprint density at radius 3 is 2.70 bits per heavy atom. The first kappa shape index (κ1) is 21.6. The van der Waals surface area contributed by atoms with E-state index in [9.17, 15) is 13.2 Å². The molecule has 0 saturated carbocycles. The highest BCUT2D eigenvalue weighted by molar-refractivity contribution is 7.89. The number of methoxy groups -OCH3 is 1. The van der Waals surface area contributed by atoms with Crippen LogP contribution in [0.3, 0.4) is 0 Å². The highest BCUT2D eigenvalue weighted by atomic mass is 32.2. The molecule has 0 bridgehead atoms. The fourth-order valence-corrected chi connectivity index (χ4v) is 4.47. The van der Waals surface area contributed by atoms with Gasteiger partial charge in [-0.1, -0.05) is 6.07 Å². The van der Waals surface area contributed by atoms with E-state index in [-0.39, 0.29) is 30.3 Å². The van der Waals surface area contributed by atoms with Crippen LogP contribution in [-0.4, -0.2) is 58.7 Å². The van der Waals surface area contributed by atoms with E-state index in [4.69, 9.17) is 19.5 Å². The minimum Gasteiger partial charge on any atom is -0.495 e. The monoisotopic (exact) mass is 431 g/mol. The molecule has 1 saturated heterocycles. The molecule has 0 unspecified atom stereocenters. The van der Waals surface area contributed by atoms with Crippen LogP contribution in [0, 0.1) is 11.3 Å². The summed E-state index contributed by atoms with van der Waals surface area (Å²) in [5.74, 6) is 0.0934. The fourth-order valence-electron chi connectivity index (χ4n) is 2.88. The standard InChI is InChI=1S/C20H21N3O6S/c1-27-18-6-5-16(12-19(18)30(25,26)23-7-9-28-10-8-23)22-20(24)14-29-17-4-2-3-15(11-17)13-21/h2-6,11-12H,7-10,14H2,1H3,(H,22,24). The van der Waals surface area contributed by atoms with Gasteiger partial charge in [0.1, 0.15) is 16.4 Å². The number of carbonyl (C=O) groups excluding carboxylic acids is 1. The van der Waals surface area contributed by atoms with Crippen molar-refractivity contribution in [1.29, 1.82) is 5.26 Å². The third-order valence-electron chi connectivity index (χ3n) is 4.37. The van der Waals surface area contributed by atoms with E-state index in [0.717, 1.165) is 0 Å². The number of carbonyl (C=O) groups is 1. The zero-order valence-electron chi connectivity index (χ0n) is 16.3. The molecule has 3 rings (SSSR count). The van der Waals surface area contributed by atoms with Gasteiger partial charge in [-0.05, 0) is 36.4 Å². The summed E-state index contributed by atoms with van der Waals surface area (Å²) in [7, 11) is -2.43. The summed E-state index contributed by atoms with van der Waals surface area (Å²) in [6, 6.07) is 12.8. The number of nitriles is 1. The third-order valence-corrected chi connectivity index (χ3v) is 6.29.